The predicted octanol–water partition coefficient (Wildman–Crippen LogP) is 3.02. The molecular formula is C19H23ClN4O. The maximum absolute atomic E-state index is 11.4. The third kappa shape index (κ3) is 4.35. The number of halogens is 1. The van der Waals surface area contributed by atoms with Crippen LogP contribution in [0, 0.1) is 0 Å². The molecule has 0 spiro atoms. The standard InChI is InChI=1S/C19H23ClN4O/c1-3-16-11-19(22-13-21-16)17-5-4-15(10-18(17)20)12-23-6-8-24(9-7-23)14(2)25/h4-5,10-11,13H,3,6-9,12H2,1-2H3. The molecule has 3 rings (SSSR count). The van der Waals surface area contributed by atoms with E-state index < -0.39 is 0 Å². The molecule has 1 amide bonds. The molecule has 0 saturated carbocycles. The first kappa shape index (κ1) is 17.8. The van der Waals surface area contributed by atoms with Crippen LogP contribution in [0.3, 0.4) is 0 Å². The van der Waals surface area contributed by atoms with Gasteiger partial charge in [0.15, 0.2) is 0 Å². The summed E-state index contributed by atoms with van der Waals surface area (Å²) >= 11 is 6.51. The van der Waals surface area contributed by atoms with Crippen LogP contribution < -0.4 is 0 Å². The third-order valence-electron chi connectivity index (χ3n) is 4.62. The molecule has 0 atom stereocenters. The van der Waals surface area contributed by atoms with E-state index in [0.717, 1.165) is 56.1 Å². The van der Waals surface area contributed by atoms with Gasteiger partial charge in [0.05, 0.1) is 10.7 Å². The van der Waals surface area contributed by atoms with Crippen LogP contribution in [0.4, 0.5) is 0 Å². The number of nitrogens with zero attached hydrogens (tertiary/aromatic N) is 4. The van der Waals surface area contributed by atoms with E-state index in [9.17, 15) is 4.79 Å². The smallest absolute Gasteiger partial charge is 0.219 e. The van der Waals surface area contributed by atoms with Gasteiger partial charge in [0.1, 0.15) is 6.33 Å². The van der Waals surface area contributed by atoms with Crippen molar-refractivity contribution in [3.8, 4) is 11.3 Å². The van der Waals surface area contributed by atoms with Crippen molar-refractivity contribution >= 4 is 17.5 Å². The second kappa shape index (κ2) is 7.93. The fourth-order valence-corrected chi connectivity index (χ4v) is 3.38. The van der Waals surface area contributed by atoms with Crippen LogP contribution in [-0.4, -0.2) is 51.9 Å². The summed E-state index contributed by atoms with van der Waals surface area (Å²) in [4.78, 5) is 24.2. The molecular weight excluding hydrogens is 336 g/mol. The first-order valence-electron chi connectivity index (χ1n) is 8.64. The fraction of sp³-hybridized carbons (Fsp3) is 0.421. The summed E-state index contributed by atoms with van der Waals surface area (Å²) in [6.45, 7) is 7.92. The van der Waals surface area contributed by atoms with Gasteiger partial charge >= 0.3 is 0 Å². The van der Waals surface area contributed by atoms with Crippen molar-refractivity contribution in [2.45, 2.75) is 26.8 Å². The van der Waals surface area contributed by atoms with Gasteiger partial charge in [-0.05, 0) is 24.1 Å². The zero-order chi connectivity index (χ0) is 17.8. The summed E-state index contributed by atoms with van der Waals surface area (Å²) in [6, 6.07) is 8.14. The molecule has 0 unspecified atom stereocenters. The quantitative estimate of drug-likeness (QED) is 0.843. The monoisotopic (exact) mass is 358 g/mol. The SMILES string of the molecule is CCc1cc(-c2ccc(CN3CCN(C(C)=O)CC3)cc2Cl)ncn1. The van der Waals surface area contributed by atoms with E-state index in [0.29, 0.717) is 5.02 Å². The van der Waals surface area contributed by atoms with E-state index in [4.69, 9.17) is 11.6 Å². The lowest BCUT2D eigenvalue weighted by Gasteiger charge is -2.34. The largest absolute Gasteiger partial charge is 0.340 e. The van der Waals surface area contributed by atoms with E-state index in [1.165, 1.54) is 5.56 Å². The van der Waals surface area contributed by atoms with Crippen molar-refractivity contribution in [3.63, 3.8) is 0 Å². The first-order valence-corrected chi connectivity index (χ1v) is 9.02. The zero-order valence-corrected chi connectivity index (χ0v) is 15.5. The minimum Gasteiger partial charge on any atom is -0.340 e. The van der Waals surface area contributed by atoms with Gasteiger partial charge in [0.2, 0.25) is 5.91 Å². The molecule has 25 heavy (non-hydrogen) atoms. The Kier molecular flexibility index (Phi) is 5.66. The summed E-state index contributed by atoms with van der Waals surface area (Å²) < 4.78 is 0. The lowest BCUT2D eigenvalue weighted by atomic mass is 10.1. The lowest BCUT2D eigenvalue weighted by Crippen LogP contribution is -2.47. The summed E-state index contributed by atoms with van der Waals surface area (Å²) in [5, 5.41) is 0.709. The lowest BCUT2D eigenvalue weighted by molar-refractivity contribution is -0.130. The molecule has 0 N–H and O–H groups in total. The highest BCUT2D eigenvalue weighted by atomic mass is 35.5. The normalized spacial score (nSPS) is 15.4. The van der Waals surface area contributed by atoms with Gasteiger partial charge in [0, 0.05) is 50.9 Å². The van der Waals surface area contributed by atoms with Crippen molar-refractivity contribution in [1.29, 1.82) is 0 Å². The molecule has 2 heterocycles. The second-order valence-corrected chi connectivity index (χ2v) is 6.75. The van der Waals surface area contributed by atoms with Crippen LogP contribution in [0.2, 0.25) is 5.02 Å². The van der Waals surface area contributed by atoms with Crippen LogP contribution >= 0.6 is 11.6 Å². The van der Waals surface area contributed by atoms with E-state index in [1.807, 2.05) is 23.1 Å². The molecule has 1 aliphatic heterocycles. The van der Waals surface area contributed by atoms with Gasteiger partial charge in [-0.15, -0.1) is 0 Å². The van der Waals surface area contributed by atoms with Gasteiger partial charge in [-0.25, -0.2) is 9.97 Å². The molecule has 2 aromatic rings. The van der Waals surface area contributed by atoms with Gasteiger partial charge in [-0.2, -0.15) is 0 Å². The maximum atomic E-state index is 11.4. The molecule has 132 valence electrons. The average Bonchev–Trinajstić information content (AvgIpc) is 2.62. The number of benzene rings is 1. The van der Waals surface area contributed by atoms with E-state index in [1.54, 1.807) is 13.3 Å². The Labute approximate surface area is 153 Å². The van der Waals surface area contributed by atoms with E-state index in [2.05, 4.69) is 27.9 Å². The van der Waals surface area contributed by atoms with Crippen molar-refractivity contribution in [1.82, 2.24) is 19.8 Å². The topological polar surface area (TPSA) is 49.3 Å². The zero-order valence-electron chi connectivity index (χ0n) is 14.7. The number of hydrogen-bond donors (Lipinski definition) is 0. The molecule has 1 fully saturated rings. The number of aryl methyl sites for hydroxylation is 1. The Morgan fingerprint density at radius 2 is 1.92 bits per heavy atom. The summed E-state index contributed by atoms with van der Waals surface area (Å²) in [6.07, 6.45) is 2.46. The molecule has 1 aromatic carbocycles. The Bertz CT molecular complexity index is 757. The molecule has 0 aliphatic carbocycles. The number of carbonyl (C=O) groups is 1. The molecule has 5 nitrogen and oxygen atoms in total. The summed E-state index contributed by atoms with van der Waals surface area (Å²) in [7, 11) is 0. The van der Waals surface area contributed by atoms with Crippen LogP contribution in [-0.2, 0) is 17.8 Å². The van der Waals surface area contributed by atoms with Crippen LogP contribution in [0.15, 0.2) is 30.6 Å². The fourth-order valence-electron chi connectivity index (χ4n) is 3.08. The number of hydrogen-bond acceptors (Lipinski definition) is 4. The van der Waals surface area contributed by atoms with Crippen LogP contribution in [0.5, 0.6) is 0 Å². The molecule has 1 aromatic heterocycles. The molecule has 0 radical (unpaired) electrons. The highest BCUT2D eigenvalue weighted by Crippen LogP contribution is 2.28. The minimum atomic E-state index is 0.156. The third-order valence-corrected chi connectivity index (χ3v) is 4.93. The van der Waals surface area contributed by atoms with Crippen LogP contribution in [0.1, 0.15) is 25.1 Å². The highest BCUT2D eigenvalue weighted by molar-refractivity contribution is 6.33. The van der Waals surface area contributed by atoms with Gasteiger partial charge in [-0.3, -0.25) is 9.69 Å². The summed E-state index contributed by atoms with van der Waals surface area (Å²) in [5.74, 6) is 0.156. The predicted molar refractivity (Wildman–Crippen MR) is 99.4 cm³/mol. The molecule has 6 heteroatoms. The van der Waals surface area contributed by atoms with Gasteiger partial charge < -0.3 is 4.90 Å². The van der Waals surface area contributed by atoms with E-state index in [-0.39, 0.29) is 5.91 Å². The Hall–Kier alpha value is -1.98. The Morgan fingerprint density at radius 1 is 1.16 bits per heavy atom. The van der Waals surface area contributed by atoms with Crippen LogP contribution in [0.25, 0.3) is 11.3 Å². The number of piperazine rings is 1. The maximum Gasteiger partial charge on any atom is 0.219 e. The van der Waals surface area contributed by atoms with Crippen molar-refractivity contribution in [2.75, 3.05) is 26.2 Å². The van der Waals surface area contributed by atoms with Crippen molar-refractivity contribution in [3.05, 3.63) is 46.9 Å². The average molecular weight is 359 g/mol. The van der Waals surface area contributed by atoms with Gasteiger partial charge in [0.25, 0.3) is 0 Å². The van der Waals surface area contributed by atoms with E-state index >= 15 is 0 Å². The number of rotatable bonds is 4. The Morgan fingerprint density at radius 3 is 2.56 bits per heavy atom. The highest BCUT2D eigenvalue weighted by Gasteiger charge is 2.18. The number of amides is 1. The number of aromatic nitrogens is 2. The molecule has 1 saturated heterocycles. The summed E-state index contributed by atoms with van der Waals surface area (Å²) in [5.41, 5.74) is 3.98. The first-order chi connectivity index (χ1) is 12.1. The van der Waals surface area contributed by atoms with Crippen molar-refractivity contribution < 1.29 is 4.79 Å². The second-order valence-electron chi connectivity index (χ2n) is 6.34. The van der Waals surface area contributed by atoms with Gasteiger partial charge in [-0.1, -0.05) is 30.7 Å². The Balaban J connectivity index is 1.69. The molecule has 1 aliphatic rings. The van der Waals surface area contributed by atoms with Crippen molar-refractivity contribution in [2.24, 2.45) is 0 Å². The minimum absolute atomic E-state index is 0.156. The molecule has 0 bridgehead atoms. The number of carbonyl (C=O) groups excluding carboxylic acids is 1.